The first kappa shape index (κ1) is 10.9. The molecule has 2 rings (SSSR count). The minimum atomic E-state index is -0.361. The van der Waals surface area contributed by atoms with E-state index in [0.29, 0.717) is 12.3 Å². The molecular formula is C11H12FNO3. The molecular weight excluding hydrogens is 213 g/mol. The average molecular weight is 225 g/mol. The van der Waals surface area contributed by atoms with Gasteiger partial charge in [-0.25, -0.2) is 4.39 Å². The lowest BCUT2D eigenvalue weighted by Gasteiger charge is -2.24. The third kappa shape index (κ3) is 2.14. The lowest BCUT2D eigenvalue weighted by Crippen LogP contribution is -2.38. The van der Waals surface area contributed by atoms with Gasteiger partial charge in [0.25, 0.3) is 0 Å². The van der Waals surface area contributed by atoms with Crippen LogP contribution in [-0.2, 0) is 9.53 Å². The van der Waals surface area contributed by atoms with Crippen molar-refractivity contribution in [1.82, 2.24) is 5.32 Å². The van der Waals surface area contributed by atoms with Crippen molar-refractivity contribution in [2.24, 2.45) is 0 Å². The molecule has 1 fully saturated rings. The number of amides is 1. The molecule has 0 aromatic heterocycles. The fourth-order valence-corrected chi connectivity index (χ4v) is 1.64. The third-order valence-corrected chi connectivity index (χ3v) is 2.44. The number of nitrogens with one attached hydrogen (secondary N) is 1. The molecule has 4 nitrogen and oxygen atoms in total. The molecule has 0 unspecified atom stereocenters. The fraction of sp³-hybridized carbons (Fsp3) is 0.364. The molecule has 1 aromatic carbocycles. The normalized spacial score (nSPS) is 20.4. The summed E-state index contributed by atoms with van der Waals surface area (Å²) in [5, 5.41) is 2.68. The molecule has 1 N–H and O–H groups in total. The highest BCUT2D eigenvalue weighted by molar-refractivity contribution is 5.77. The summed E-state index contributed by atoms with van der Waals surface area (Å²) in [4.78, 5) is 10.9. The molecule has 1 atom stereocenters. The summed E-state index contributed by atoms with van der Waals surface area (Å²) in [7, 11) is 1.47. The molecule has 0 bridgehead atoms. The predicted octanol–water partition coefficient (Wildman–Crippen LogP) is 1.02. The first-order valence-corrected chi connectivity index (χ1v) is 4.92. The highest BCUT2D eigenvalue weighted by Gasteiger charge is 2.23. The Bertz CT molecular complexity index is 398. The third-order valence-electron chi connectivity index (χ3n) is 2.44. The maximum absolute atomic E-state index is 13.0. The van der Waals surface area contributed by atoms with Gasteiger partial charge in [-0.2, -0.15) is 0 Å². The summed E-state index contributed by atoms with van der Waals surface area (Å²) in [5.41, 5.74) is 0.740. The molecule has 1 amide bonds. The van der Waals surface area contributed by atoms with Gasteiger partial charge >= 0.3 is 0 Å². The molecule has 1 saturated heterocycles. The molecule has 5 heteroatoms. The Morgan fingerprint density at radius 1 is 1.56 bits per heavy atom. The van der Waals surface area contributed by atoms with Gasteiger partial charge in [-0.3, -0.25) is 4.79 Å². The minimum Gasteiger partial charge on any atom is -0.496 e. The number of carbonyl (C=O) groups excluding carboxylic acids is 1. The fourth-order valence-electron chi connectivity index (χ4n) is 1.64. The number of ether oxygens (including phenoxy) is 2. The van der Waals surface area contributed by atoms with Crippen LogP contribution in [0, 0.1) is 5.82 Å². The van der Waals surface area contributed by atoms with Crippen molar-refractivity contribution >= 4 is 5.91 Å². The lowest BCUT2D eigenvalue weighted by atomic mass is 10.1. The Labute approximate surface area is 92.4 Å². The average Bonchev–Trinajstić information content (AvgIpc) is 2.30. The van der Waals surface area contributed by atoms with Crippen LogP contribution in [0.5, 0.6) is 5.75 Å². The van der Waals surface area contributed by atoms with Crippen LogP contribution in [-0.4, -0.2) is 26.2 Å². The second-order valence-electron chi connectivity index (χ2n) is 3.49. The van der Waals surface area contributed by atoms with E-state index in [2.05, 4.69) is 5.32 Å². The molecule has 86 valence electrons. The van der Waals surface area contributed by atoms with Crippen LogP contribution in [0.25, 0.3) is 0 Å². The summed E-state index contributed by atoms with van der Waals surface area (Å²) in [5.74, 6) is -0.0704. The van der Waals surface area contributed by atoms with Gasteiger partial charge in [0.2, 0.25) is 5.91 Å². The molecule has 1 aromatic rings. The maximum atomic E-state index is 13.0. The number of methoxy groups -OCH3 is 1. The van der Waals surface area contributed by atoms with Gasteiger partial charge in [0.05, 0.1) is 7.11 Å². The van der Waals surface area contributed by atoms with Crippen molar-refractivity contribution in [1.29, 1.82) is 0 Å². The Morgan fingerprint density at radius 3 is 3.00 bits per heavy atom. The van der Waals surface area contributed by atoms with Crippen LogP contribution in [0.15, 0.2) is 18.2 Å². The first-order valence-electron chi connectivity index (χ1n) is 4.92. The molecule has 0 saturated carbocycles. The van der Waals surface area contributed by atoms with E-state index < -0.39 is 0 Å². The molecule has 1 aliphatic rings. The summed E-state index contributed by atoms with van der Waals surface area (Å²) >= 11 is 0. The number of rotatable bonds is 2. The Balaban J connectivity index is 2.22. The zero-order valence-electron chi connectivity index (χ0n) is 8.83. The van der Waals surface area contributed by atoms with E-state index in [0.717, 1.165) is 5.56 Å². The molecule has 0 radical (unpaired) electrons. The molecule has 16 heavy (non-hydrogen) atoms. The van der Waals surface area contributed by atoms with Gasteiger partial charge in [0, 0.05) is 18.2 Å². The van der Waals surface area contributed by atoms with E-state index in [9.17, 15) is 9.18 Å². The van der Waals surface area contributed by atoms with Crippen LogP contribution in [0.4, 0.5) is 4.39 Å². The van der Waals surface area contributed by atoms with E-state index >= 15 is 0 Å². The summed E-state index contributed by atoms with van der Waals surface area (Å²) in [6.07, 6.45) is -0.284. The number of morpholine rings is 1. The number of benzene rings is 1. The first-order chi connectivity index (χ1) is 7.70. The number of carbonyl (C=O) groups is 1. The monoisotopic (exact) mass is 225 g/mol. The standard InChI is InChI=1S/C11H12FNO3/c1-15-9-4-7(12)2-3-8(9)10-5-13-11(14)6-16-10/h2-4,10H,5-6H2,1H3,(H,13,14)/t10-/m1/s1. The van der Waals surface area contributed by atoms with Gasteiger partial charge in [0.1, 0.15) is 24.3 Å². The van der Waals surface area contributed by atoms with Gasteiger partial charge in [0.15, 0.2) is 0 Å². The topological polar surface area (TPSA) is 47.6 Å². The molecule has 1 aliphatic heterocycles. The van der Waals surface area contributed by atoms with E-state index in [1.54, 1.807) is 6.07 Å². The van der Waals surface area contributed by atoms with Gasteiger partial charge < -0.3 is 14.8 Å². The Hall–Kier alpha value is -1.62. The largest absolute Gasteiger partial charge is 0.496 e. The summed E-state index contributed by atoms with van der Waals surface area (Å²) < 4.78 is 23.4. The second-order valence-corrected chi connectivity index (χ2v) is 3.49. The van der Waals surface area contributed by atoms with Crippen molar-refractivity contribution < 1.29 is 18.7 Å². The number of halogens is 1. The lowest BCUT2D eigenvalue weighted by molar-refractivity contribution is -0.133. The Kier molecular flexibility index (Phi) is 3.05. The zero-order valence-corrected chi connectivity index (χ0v) is 8.83. The minimum absolute atomic E-state index is 0.0190. The highest BCUT2D eigenvalue weighted by Crippen LogP contribution is 2.29. The van der Waals surface area contributed by atoms with E-state index in [-0.39, 0.29) is 24.4 Å². The van der Waals surface area contributed by atoms with E-state index in [1.807, 2.05) is 0 Å². The van der Waals surface area contributed by atoms with E-state index in [1.165, 1.54) is 19.2 Å². The molecule has 0 aliphatic carbocycles. The van der Waals surface area contributed by atoms with Crippen molar-refractivity contribution in [3.63, 3.8) is 0 Å². The summed E-state index contributed by atoms with van der Waals surface area (Å²) in [6.45, 7) is 0.395. The maximum Gasteiger partial charge on any atom is 0.246 e. The van der Waals surface area contributed by atoms with Crippen LogP contribution >= 0.6 is 0 Å². The predicted molar refractivity (Wildman–Crippen MR) is 54.7 cm³/mol. The van der Waals surface area contributed by atoms with Gasteiger partial charge in [-0.05, 0) is 12.1 Å². The highest BCUT2D eigenvalue weighted by atomic mass is 19.1. The van der Waals surface area contributed by atoms with Crippen molar-refractivity contribution in [3.05, 3.63) is 29.6 Å². The van der Waals surface area contributed by atoms with Crippen molar-refractivity contribution in [2.45, 2.75) is 6.10 Å². The van der Waals surface area contributed by atoms with Gasteiger partial charge in [-0.15, -0.1) is 0 Å². The second kappa shape index (κ2) is 4.49. The molecule has 1 heterocycles. The van der Waals surface area contributed by atoms with Crippen molar-refractivity contribution in [2.75, 3.05) is 20.3 Å². The Morgan fingerprint density at radius 2 is 2.38 bits per heavy atom. The SMILES string of the molecule is COc1cc(F)ccc1[C@H]1CNC(=O)CO1. The summed E-state index contributed by atoms with van der Waals surface area (Å²) in [6, 6.07) is 4.25. The smallest absolute Gasteiger partial charge is 0.246 e. The molecule has 0 spiro atoms. The van der Waals surface area contributed by atoms with Crippen LogP contribution in [0.2, 0.25) is 0 Å². The van der Waals surface area contributed by atoms with Crippen LogP contribution < -0.4 is 10.1 Å². The zero-order chi connectivity index (χ0) is 11.5. The van der Waals surface area contributed by atoms with Crippen LogP contribution in [0.1, 0.15) is 11.7 Å². The number of hydrogen-bond acceptors (Lipinski definition) is 3. The van der Waals surface area contributed by atoms with E-state index in [4.69, 9.17) is 9.47 Å². The quantitative estimate of drug-likeness (QED) is 0.817. The van der Waals surface area contributed by atoms with Crippen LogP contribution in [0.3, 0.4) is 0 Å². The van der Waals surface area contributed by atoms with Gasteiger partial charge in [-0.1, -0.05) is 0 Å². The number of hydrogen-bond donors (Lipinski definition) is 1. The van der Waals surface area contributed by atoms with Crippen molar-refractivity contribution in [3.8, 4) is 5.75 Å².